The fraction of sp³-hybridized carbons (Fsp3) is 0.0588. The van der Waals surface area contributed by atoms with Crippen LogP contribution >= 0.6 is 34.8 Å². The lowest BCUT2D eigenvalue weighted by Gasteiger charge is -2.09. The molecule has 0 aliphatic carbocycles. The Labute approximate surface area is 142 Å². The maximum atomic E-state index is 11.7. The van der Waals surface area contributed by atoms with Crippen molar-refractivity contribution in [3.63, 3.8) is 0 Å². The van der Waals surface area contributed by atoms with E-state index in [2.05, 4.69) is 4.98 Å². The van der Waals surface area contributed by atoms with Crippen LogP contribution < -0.4 is 0 Å². The van der Waals surface area contributed by atoms with Gasteiger partial charge in [-0.15, -0.1) is 0 Å². The van der Waals surface area contributed by atoms with Gasteiger partial charge in [-0.05, 0) is 35.4 Å². The van der Waals surface area contributed by atoms with Crippen LogP contribution in [0, 0.1) is 0 Å². The third kappa shape index (κ3) is 3.09. The Hall–Kier alpha value is -1.61. The monoisotopic (exact) mass is 349 g/mol. The molecule has 0 N–H and O–H groups in total. The number of carbonyl (C=O) groups excluding carboxylic acids is 1. The fourth-order valence-electron chi connectivity index (χ4n) is 2.36. The first-order chi connectivity index (χ1) is 10.5. The second-order valence-corrected chi connectivity index (χ2v) is 6.07. The van der Waals surface area contributed by atoms with Gasteiger partial charge in [-0.3, -0.25) is 9.78 Å². The van der Waals surface area contributed by atoms with Crippen molar-refractivity contribution in [3.05, 3.63) is 75.4 Å². The zero-order valence-corrected chi connectivity index (χ0v) is 13.6. The van der Waals surface area contributed by atoms with Crippen molar-refractivity contribution in [2.24, 2.45) is 0 Å². The lowest BCUT2D eigenvalue weighted by molar-refractivity contribution is 0.108. The Kier molecular flexibility index (Phi) is 4.34. The van der Waals surface area contributed by atoms with E-state index in [1.54, 1.807) is 18.2 Å². The summed E-state index contributed by atoms with van der Waals surface area (Å²) in [6.45, 7) is 0. The molecule has 1 heterocycles. The number of fused-ring (bicyclic) bond motifs is 1. The molecule has 0 radical (unpaired) electrons. The standard InChI is InChI=1S/C17H10Cl3NO/c18-11-7-13-14(17(20)22)9-12(21-16(13)15(19)8-11)6-10-4-2-1-3-5-10/h1-5,7-9H,6H2. The molecule has 0 spiro atoms. The summed E-state index contributed by atoms with van der Waals surface area (Å²) in [6, 6.07) is 14.8. The van der Waals surface area contributed by atoms with E-state index in [1.165, 1.54) is 0 Å². The molecule has 5 heteroatoms. The first-order valence-corrected chi connectivity index (χ1v) is 7.70. The summed E-state index contributed by atoms with van der Waals surface area (Å²) >= 11 is 17.9. The number of rotatable bonds is 3. The number of hydrogen-bond donors (Lipinski definition) is 0. The summed E-state index contributed by atoms with van der Waals surface area (Å²) in [5.74, 6) is 0. The van der Waals surface area contributed by atoms with E-state index in [0.717, 1.165) is 11.3 Å². The summed E-state index contributed by atoms with van der Waals surface area (Å²) in [7, 11) is 0. The molecular weight excluding hydrogens is 341 g/mol. The van der Waals surface area contributed by atoms with Gasteiger partial charge in [-0.2, -0.15) is 0 Å². The lowest BCUT2D eigenvalue weighted by Crippen LogP contribution is -2.00. The van der Waals surface area contributed by atoms with Gasteiger partial charge in [-0.1, -0.05) is 53.5 Å². The third-order valence-corrected chi connectivity index (χ3v) is 4.03. The van der Waals surface area contributed by atoms with Crippen LogP contribution in [0.1, 0.15) is 21.6 Å². The second kappa shape index (κ2) is 6.25. The van der Waals surface area contributed by atoms with Crippen molar-refractivity contribution in [1.82, 2.24) is 4.98 Å². The fourth-order valence-corrected chi connectivity index (χ4v) is 3.06. The van der Waals surface area contributed by atoms with Crippen LogP contribution in [-0.4, -0.2) is 10.2 Å². The third-order valence-electron chi connectivity index (χ3n) is 3.32. The largest absolute Gasteiger partial charge is 0.276 e. The predicted molar refractivity (Wildman–Crippen MR) is 91.2 cm³/mol. The number of nitrogens with zero attached hydrogens (tertiary/aromatic N) is 1. The molecule has 2 nitrogen and oxygen atoms in total. The molecule has 0 amide bonds. The number of pyridine rings is 1. The molecule has 3 rings (SSSR count). The number of benzene rings is 2. The van der Waals surface area contributed by atoms with Gasteiger partial charge in [0.05, 0.1) is 10.5 Å². The van der Waals surface area contributed by atoms with E-state index in [4.69, 9.17) is 34.8 Å². The Morgan fingerprint density at radius 1 is 1.05 bits per heavy atom. The Balaban J connectivity index is 2.19. The Morgan fingerprint density at radius 2 is 1.77 bits per heavy atom. The first-order valence-electron chi connectivity index (χ1n) is 6.57. The zero-order chi connectivity index (χ0) is 15.7. The molecule has 2 aromatic carbocycles. The summed E-state index contributed by atoms with van der Waals surface area (Å²) in [5, 5.41) is 0.847. The molecule has 0 aliphatic heterocycles. The SMILES string of the molecule is O=C(Cl)c1cc(Cc2ccccc2)nc2c(Cl)cc(Cl)cc12. The normalized spacial score (nSPS) is 10.9. The highest BCUT2D eigenvalue weighted by Gasteiger charge is 2.14. The summed E-state index contributed by atoms with van der Waals surface area (Å²) in [4.78, 5) is 16.3. The van der Waals surface area contributed by atoms with Gasteiger partial charge in [0.1, 0.15) is 0 Å². The minimum atomic E-state index is -0.556. The highest BCUT2D eigenvalue weighted by molar-refractivity contribution is 6.68. The zero-order valence-electron chi connectivity index (χ0n) is 11.3. The van der Waals surface area contributed by atoms with E-state index < -0.39 is 5.24 Å². The molecule has 0 saturated carbocycles. The molecule has 0 aliphatic rings. The van der Waals surface area contributed by atoms with E-state index in [1.807, 2.05) is 30.3 Å². The number of hydrogen-bond acceptors (Lipinski definition) is 2. The summed E-state index contributed by atoms with van der Waals surface area (Å²) in [5.41, 5.74) is 2.71. The summed E-state index contributed by atoms with van der Waals surface area (Å²) in [6.07, 6.45) is 0.590. The van der Waals surface area contributed by atoms with Gasteiger partial charge >= 0.3 is 0 Å². The molecule has 0 fully saturated rings. The first kappa shape index (κ1) is 15.3. The van der Waals surface area contributed by atoms with Gasteiger partial charge in [-0.25, -0.2) is 0 Å². The summed E-state index contributed by atoms with van der Waals surface area (Å²) < 4.78 is 0. The molecule has 0 saturated heterocycles. The maximum absolute atomic E-state index is 11.7. The number of carbonyl (C=O) groups is 1. The van der Waals surface area contributed by atoms with Gasteiger partial charge in [0.25, 0.3) is 5.24 Å². The highest BCUT2D eigenvalue weighted by atomic mass is 35.5. The molecular formula is C17H10Cl3NO. The molecule has 1 aromatic heterocycles. The van der Waals surface area contributed by atoms with Gasteiger partial charge < -0.3 is 0 Å². The Morgan fingerprint density at radius 3 is 2.45 bits per heavy atom. The smallest absolute Gasteiger partial charge is 0.253 e. The van der Waals surface area contributed by atoms with Crippen molar-refractivity contribution in [3.8, 4) is 0 Å². The molecule has 0 bridgehead atoms. The Bertz CT molecular complexity index is 863. The van der Waals surface area contributed by atoms with Crippen molar-refractivity contribution in [2.75, 3.05) is 0 Å². The van der Waals surface area contributed by atoms with Crippen molar-refractivity contribution >= 4 is 50.9 Å². The molecule has 0 unspecified atom stereocenters. The van der Waals surface area contributed by atoms with Crippen LogP contribution in [0.5, 0.6) is 0 Å². The second-order valence-electron chi connectivity index (χ2n) is 4.88. The van der Waals surface area contributed by atoms with Crippen molar-refractivity contribution in [1.29, 1.82) is 0 Å². The molecule has 0 atom stereocenters. The quantitative estimate of drug-likeness (QED) is 0.583. The average molecular weight is 351 g/mol. The minimum absolute atomic E-state index is 0.363. The van der Waals surface area contributed by atoms with Crippen LogP contribution in [0.15, 0.2) is 48.5 Å². The molecule has 22 heavy (non-hydrogen) atoms. The van der Waals surface area contributed by atoms with Gasteiger partial charge in [0.15, 0.2) is 0 Å². The van der Waals surface area contributed by atoms with Crippen LogP contribution in [-0.2, 0) is 6.42 Å². The van der Waals surface area contributed by atoms with E-state index in [0.29, 0.717) is 32.9 Å². The molecule has 3 aromatic rings. The molecule has 110 valence electrons. The van der Waals surface area contributed by atoms with Crippen LogP contribution in [0.2, 0.25) is 10.0 Å². The van der Waals surface area contributed by atoms with Crippen LogP contribution in [0.4, 0.5) is 0 Å². The van der Waals surface area contributed by atoms with E-state index >= 15 is 0 Å². The van der Waals surface area contributed by atoms with E-state index in [9.17, 15) is 4.79 Å². The topological polar surface area (TPSA) is 30.0 Å². The van der Waals surface area contributed by atoms with Crippen molar-refractivity contribution < 1.29 is 4.79 Å². The number of halogens is 3. The predicted octanol–water partition coefficient (Wildman–Crippen LogP) is 5.51. The minimum Gasteiger partial charge on any atom is -0.276 e. The van der Waals surface area contributed by atoms with E-state index in [-0.39, 0.29) is 0 Å². The lowest BCUT2D eigenvalue weighted by atomic mass is 10.0. The maximum Gasteiger partial charge on any atom is 0.253 e. The van der Waals surface area contributed by atoms with Crippen LogP contribution in [0.3, 0.4) is 0 Å². The highest BCUT2D eigenvalue weighted by Crippen LogP contribution is 2.30. The average Bonchev–Trinajstić information content (AvgIpc) is 2.48. The van der Waals surface area contributed by atoms with Crippen LogP contribution in [0.25, 0.3) is 10.9 Å². The van der Waals surface area contributed by atoms with Gasteiger partial charge in [0, 0.05) is 28.1 Å². The van der Waals surface area contributed by atoms with Crippen molar-refractivity contribution in [2.45, 2.75) is 6.42 Å². The van der Waals surface area contributed by atoms with Gasteiger partial charge in [0.2, 0.25) is 0 Å². The number of aromatic nitrogens is 1.